The number of piperidine rings is 1. The summed E-state index contributed by atoms with van der Waals surface area (Å²) < 4.78 is 14.8. The summed E-state index contributed by atoms with van der Waals surface area (Å²) in [5.41, 5.74) is 5.90. The van der Waals surface area contributed by atoms with Crippen molar-refractivity contribution in [2.24, 2.45) is 11.3 Å². The summed E-state index contributed by atoms with van der Waals surface area (Å²) in [6, 6.07) is 19.2. The Morgan fingerprint density at radius 3 is 2.15 bits per heavy atom. The van der Waals surface area contributed by atoms with E-state index in [0.29, 0.717) is 25.4 Å². The fraction of sp³-hybridized carbons (Fsp3) is 0.447. The Kier molecular flexibility index (Phi) is 12.1. The molecule has 3 fully saturated rings. The van der Waals surface area contributed by atoms with Crippen molar-refractivity contribution in [3.8, 4) is 33.6 Å². The monoisotopic (exact) mass is 844 g/mol. The molecule has 4 N–H and O–H groups in total. The van der Waals surface area contributed by atoms with E-state index in [2.05, 4.69) is 88.2 Å². The molecule has 1 saturated heterocycles. The summed E-state index contributed by atoms with van der Waals surface area (Å²) in [6.07, 6.45) is 7.65. The Labute approximate surface area is 361 Å². The molecule has 3 aliphatic rings. The number of rotatable bonds is 15. The molecular formula is C47H56N8O7. The fourth-order valence-electron chi connectivity index (χ4n) is 9.18. The number of benzene rings is 3. The molecule has 5 aromatic rings. The Morgan fingerprint density at radius 2 is 1.45 bits per heavy atom. The number of nitrogens with zero attached hydrogens (tertiary/aromatic N) is 4. The highest BCUT2D eigenvalue weighted by atomic mass is 16.5. The van der Waals surface area contributed by atoms with Crippen molar-refractivity contribution >= 4 is 34.8 Å². The zero-order valence-corrected chi connectivity index (χ0v) is 36.2. The van der Waals surface area contributed by atoms with Gasteiger partial charge in [-0.2, -0.15) is 0 Å². The number of ether oxygens (including phenoxy) is 3. The molecule has 1 aliphatic heterocycles. The van der Waals surface area contributed by atoms with E-state index in [9.17, 15) is 19.2 Å². The van der Waals surface area contributed by atoms with Gasteiger partial charge >= 0.3 is 12.2 Å². The Balaban J connectivity index is 0.953. The Bertz CT molecular complexity index is 2440. The van der Waals surface area contributed by atoms with Crippen LogP contribution < -0.4 is 10.6 Å². The third-order valence-corrected chi connectivity index (χ3v) is 13.1. The molecule has 3 heterocycles. The van der Waals surface area contributed by atoms with E-state index in [1.165, 1.54) is 14.2 Å². The van der Waals surface area contributed by atoms with E-state index in [4.69, 9.17) is 24.2 Å². The number of amides is 4. The van der Waals surface area contributed by atoms with E-state index < -0.39 is 24.3 Å². The molecule has 8 rings (SSSR count). The van der Waals surface area contributed by atoms with Crippen LogP contribution >= 0.6 is 0 Å². The zero-order valence-electron chi connectivity index (χ0n) is 36.2. The first-order chi connectivity index (χ1) is 29.9. The lowest BCUT2D eigenvalue weighted by atomic mass is 9.97. The van der Waals surface area contributed by atoms with Gasteiger partial charge in [0.25, 0.3) is 0 Å². The largest absolute Gasteiger partial charge is 0.453 e. The third-order valence-electron chi connectivity index (χ3n) is 13.1. The van der Waals surface area contributed by atoms with Gasteiger partial charge in [-0.1, -0.05) is 55.5 Å². The number of nitrogens with one attached hydrogen (secondary N) is 4. The number of likely N-dealkylation sites (tertiary alicyclic amines) is 1. The Morgan fingerprint density at radius 1 is 0.823 bits per heavy atom. The second-order valence-corrected chi connectivity index (χ2v) is 17.4. The molecule has 0 spiro atoms. The first-order valence-electron chi connectivity index (χ1n) is 21.4. The predicted octanol–water partition coefficient (Wildman–Crippen LogP) is 7.53. The maximum absolute atomic E-state index is 14.0. The molecule has 15 heteroatoms. The van der Waals surface area contributed by atoms with Gasteiger partial charge in [-0.05, 0) is 96.9 Å². The number of alkyl carbamates (subject to hydrolysis) is 2. The van der Waals surface area contributed by atoms with Gasteiger partial charge in [-0.25, -0.2) is 19.6 Å². The number of aromatic amines is 2. The number of aromatic nitrogens is 4. The van der Waals surface area contributed by atoms with Gasteiger partial charge in [0.2, 0.25) is 11.8 Å². The molecule has 6 atom stereocenters. The highest BCUT2D eigenvalue weighted by Crippen LogP contribution is 2.50. The van der Waals surface area contributed by atoms with Crippen LogP contribution in [-0.2, 0) is 23.8 Å². The normalized spacial score (nSPS) is 20.0. The lowest BCUT2D eigenvalue weighted by Gasteiger charge is -2.36. The van der Waals surface area contributed by atoms with E-state index >= 15 is 0 Å². The maximum Gasteiger partial charge on any atom is 0.407 e. The van der Waals surface area contributed by atoms with Crippen molar-refractivity contribution in [2.45, 2.75) is 89.5 Å². The van der Waals surface area contributed by atoms with Gasteiger partial charge in [-0.3, -0.25) is 9.59 Å². The minimum atomic E-state index is -0.756. The average molecular weight is 845 g/mol. The first-order valence-corrected chi connectivity index (χ1v) is 21.4. The van der Waals surface area contributed by atoms with Gasteiger partial charge in [0.15, 0.2) is 0 Å². The number of carbonyl (C=O) groups excluding carboxylic acids is 4. The average Bonchev–Trinajstić information content (AvgIpc) is 3.86. The molecule has 15 nitrogen and oxygen atoms in total. The van der Waals surface area contributed by atoms with Gasteiger partial charge in [-0.15, -0.1) is 0 Å². The van der Waals surface area contributed by atoms with E-state index in [0.717, 1.165) is 82.3 Å². The molecule has 4 amide bonds. The van der Waals surface area contributed by atoms with Gasteiger partial charge in [0, 0.05) is 38.3 Å². The van der Waals surface area contributed by atoms with E-state index in [1.54, 1.807) is 20.2 Å². The van der Waals surface area contributed by atoms with Gasteiger partial charge in [0.05, 0.1) is 50.1 Å². The van der Waals surface area contributed by atoms with Crippen LogP contribution in [0.15, 0.2) is 73.1 Å². The van der Waals surface area contributed by atoms with Crippen molar-refractivity contribution in [2.75, 3.05) is 34.5 Å². The van der Waals surface area contributed by atoms with Crippen molar-refractivity contribution in [3.63, 3.8) is 0 Å². The molecule has 2 saturated carbocycles. The topological polar surface area (TPSA) is 184 Å². The SMILES string of the molecule is COCCC(NC(=O)OC)C(=O)N1C2CCC(C2)C1c1ncc(-c2ccc(-c3ccc4cc(-c5cnc(C(C)N(CC6(C)CC6)C(=O)C(C)NC(=O)OC)[nH]5)ccc4c3)cc2)[nH]1. The minimum Gasteiger partial charge on any atom is -0.453 e. The molecule has 6 unspecified atom stereocenters. The van der Waals surface area contributed by atoms with Crippen molar-refractivity contribution in [3.05, 3.63) is 84.7 Å². The van der Waals surface area contributed by atoms with Crippen LogP contribution in [0.3, 0.4) is 0 Å². The van der Waals surface area contributed by atoms with Crippen LogP contribution in [0, 0.1) is 11.3 Å². The summed E-state index contributed by atoms with van der Waals surface area (Å²) in [6.45, 7) is 6.71. The van der Waals surface area contributed by atoms with Gasteiger partial charge < -0.3 is 44.6 Å². The second-order valence-electron chi connectivity index (χ2n) is 17.4. The Hall–Kier alpha value is -6.22. The lowest BCUT2D eigenvalue weighted by Crippen LogP contribution is -2.52. The first kappa shape index (κ1) is 42.5. The van der Waals surface area contributed by atoms with Crippen molar-refractivity contribution in [1.29, 1.82) is 0 Å². The molecule has 2 bridgehead atoms. The highest BCUT2D eigenvalue weighted by molar-refractivity contribution is 5.91. The fourth-order valence-corrected chi connectivity index (χ4v) is 9.18. The summed E-state index contributed by atoms with van der Waals surface area (Å²) in [4.78, 5) is 71.8. The second kappa shape index (κ2) is 17.6. The molecule has 326 valence electrons. The molecule has 2 aliphatic carbocycles. The third kappa shape index (κ3) is 8.76. The van der Waals surface area contributed by atoms with Crippen LogP contribution in [-0.4, -0.2) is 106 Å². The number of imidazole rings is 2. The number of methoxy groups -OCH3 is 3. The van der Waals surface area contributed by atoms with Crippen molar-refractivity contribution in [1.82, 2.24) is 40.4 Å². The summed E-state index contributed by atoms with van der Waals surface area (Å²) in [5.74, 6) is 1.39. The molecule has 62 heavy (non-hydrogen) atoms. The van der Waals surface area contributed by atoms with Gasteiger partial charge in [0.1, 0.15) is 23.7 Å². The summed E-state index contributed by atoms with van der Waals surface area (Å²) >= 11 is 0. The van der Waals surface area contributed by atoms with Crippen LogP contribution in [0.4, 0.5) is 9.59 Å². The van der Waals surface area contributed by atoms with Crippen LogP contribution in [0.5, 0.6) is 0 Å². The predicted molar refractivity (Wildman–Crippen MR) is 234 cm³/mol. The molecule has 3 aromatic carbocycles. The summed E-state index contributed by atoms with van der Waals surface area (Å²) in [7, 11) is 4.14. The number of hydrogen-bond donors (Lipinski definition) is 4. The van der Waals surface area contributed by atoms with E-state index in [1.807, 2.05) is 22.9 Å². The molecular weight excluding hydrogens is 789 g/mol. The summed E-state index contributed by atoms with van der Waals surface area (Å²) in [5, 5.41) is 7.51. The zero-order chi connectivity index (χ0) is 43.7. The minimum absolute atomic E-state index is 0.0537. The van der Waals surface area contributed by atoms with Crippen LogP contribution in [0.1, 0.15) is 83.0 Å². The number of fused-ring (bicyclic) bond motifs is 3. The van der Waals surface area contributed by atoms with E-state index in [-0.39, 0.29) is 41.3 Å². The van der Waals surface area contributed by atoms with Crippen LogP contribution in [0.2, 0.25) is 0 Å². The maximum atomic E-state index is 14.0. The smallest absolute Gasteiger partial charge is 0.407 e. The van der Waals surface area contributed by atoms with Crippen LogP contribution in [0.25, 0.3) is 44.4 Å². The standard InChI is InChI=1S/C47H56N8O7/c1-27(50-45(58)61-5)43(56)54(26-47(3)18-19-47)28(2)41-48-25-39(51-41)34-14-13-32-21-31(11-12-33(32)22-34)29-7-9-30(10-8-29)38-24-49-42(52-38)40-35-15-16-36(23-35)55(40)44(57)37(17-20-60-4)53-46(59)62-6/h7-14,21-22,24-25,27-28,35-37,40H,15-20,23,26H2,1-6H3,(H,48,51)(H,49,52)(H,50,58)(H,53,59). The molecule has 2 aromatic heterocycles. The number of carbonyl (C=O) groups is 4. The van der Waals surface area contributed by atoms with Crippen molar-refractivity contribution < 1.29 is 33.4 Å². The number of hydrogen-bond acceptors (Lipinski definition) is 9. The quantitative estimate of drug-likeness (QED) is 0.0827. The highest BCUT2D eigenvalue weighted by Gasteiger charge is 2.51. The molecule has 0 radical (unpaired) electrons. The lowest BCUT2D eigenvalue weighted by molar-refractivity contribution is -0.138. The number of H-pyrrole nitrogens is 2.